The molecule has 0 fully saturated rings. The average molecular weight is 218 g/mol. The third-order valence-electron chi connectivity index (χ3n) is 2.61. The van der Waals surface area contributed by atoms with Crippen LogP contribution >= 0.6 is 0 Å². The van der Waals surface area contributed by atoms with E-state index < -0.39 is 19.9 Å². The van der Waals surface area contributed by atoms with E-state index in [9.17, 15) is 10.2 Å². The molecule has 0 spiro atoms. The first-order chi connectivity index (χ1) is 6.39. The summed E-state index contributed by atoms with van der Waals surface area (Å²) in [6.45, 7) is 8.44. The van der Waals surface area contributed by atoms with Gasteiger partial charge in [-0.2, -0.15) is 0 Å². The Morgan fingerprint density at radius 3 is 2.00 bits per heavy atom. The van der Waals surface area contributed by atoms with Gasteiger partial charge < -0.3 is 10.2 Å². The molecule has 2 atom stereocenters. The Balaban J connectivity index is 3.68. The first-order valence-electron chi connectivity index (χ1n) is 5.75. The molecule has 2 nitrogen and oxygen atoms in total. The van der Waals surface area contributed by atoms with Gasteiger partial charge in [0.25, 0.3) is 0 Å². The minimum atomic E-state index is -1.59. The molecule has 86 valence electrons. The lowest BCUT2D eigenvalue weighted by Gasteiger charge is -2.28. The number of hydrogen-bond donors (Lipinski definition) is 2. The number of aliphatic hydroxyl groups is 2. The van der Waals surface area contributed by atoms with Crippen molar-refractivity contribution in [3.8, 4) is 0 Å². The molecule has 0 radical (unpaired) electrons. The lowest BCUT2D eigenvalue weighted by Crippen LogP contribution is -2.46. The van der Waals surface area contributed by atoms with Crippen LogP contribution in [0.4, 0.5) is 0 Å². The van der Waals surface area contributed by atoms with E-state index in [4.69, 9.17) is 0 Å². The summed E-state index contributed by atoms with van der Waals surface area (Å²) in [5, 5.41) is 19.6. The normalized spacial score (nSPS) is 16.7. The van der Waals surface area contributed by atoms with E-state index in [2.05, 4.69) is 26.6 Å². The summed E-state index contributed by atoms with van der Waals surface area (Å²) in [5.74, 6) is 0. The third-order valence-corrected chi connectivity index (χ3v) is 4.76. The second-order valence-electron chi connectivity index (χ2n) is 5.23. The molecule has 0 heterocycles. The Hall–Kier alpha value is 0.137. The van der Waals surface area contributed by atoms with Crippen molar-refractivity contribution in [2.45, 2.75) is 70.5 Å². The van der Waals surface area contributed by atoms with E-state index in [0.29, 0.717) is 0 Å². The Morgan fingerprint density at radius 1 is 1.00 bits per heavy atom. The van der Waals surface area contributed by atoms with Crippen LogP contribution < -0.4 is 0 Å². The third kappa shape index (κ3) is 5.78. The first kappa shape index (κ1) is 14.1. The summed E-state index contributed by atoms with van der Waals surface area (Å²) in [7, 11) is -1.59. The minimum Gasteiger partial charge on any atom is -0.394 e. The van der Waals surface area contributed by atoms with Crippen molar-refractivity contribution >= 4 is 8.07 Å². The van der Waals surface area contributed by atoms with E-state index >= 15 is 0 Å². The molecule has 0 aromatic carbocycles. The molecule has 0 aliphatic rings. The van der Waals surface area contributed by atoms with Crippen LogP contribution in [0.1, 0.15) is 39.0 Å². The quantitative estimate of drug-likeness (QED) is 0.509. The average Bonchev–Trinajstić information content (AvgIpc) is 2.09. The highest BCUT2D eigenvalue weighted by Crippen LogP contribution is 2.16. The van der Waals surface area contributed by atoms with Crippen molar-refractivity contribution in [2.75, 3.05) is 0 Å². The fourth-order valence-corrected chi connectivity index (χ4v) is 2.84. The van der Waals surface area contributed by atoms with Crippen molar-refractivity contribution in [3.05, 3.63) is 0 Å². The Bertz CT molecular complexity index is 143. The summed E-state index contributed by atoms with van der Waals surface area (Å²) in [4.78, 5) is 0. The molecule has 0 aliphatic heterocycles. The van der Waals surface area contributed by atoms with Gasteiger partial charge in [0.05, 0.1) is 19.9 Å². The topological polar surface area (TPSA) is 40.5 Å². The highest BCUT2D eigenvalue weighted by molar-refractivity contribution is 6.77. The molecular formula is C11H26O2Si. The Kier molecular flexibility index (Phi) is 6.65. The van der Waals surface area contributed by atoms with Crippen LogP contribution in [0.3, 0.4) is 0 Å². The molecule has 0 saturated carbocycles. The van der Waals surface area contributed by atoms with Crippen LogP contribution in [0.25, 0.3) is 0 Å². The van der Waals surface area contributed by atoms with Crippen LogP contribution in [-0.2, 0) is 0 Å². The van der Waals surface area contributed by atoms with E-state index in [1.54, 1.807) is 0 Å². The highest BCUT2D eigenvalue weighted by Gasteiger charge is 2.30. The van der Waals surface area contributed by atoms with Gasteiger partial charge in [-0.25, -0.2) is 0 Å². The molecule has 0 saturated heterocycles. The molecule has 14 heavy (non-hydrogen) atoms. The number of unbranched alkanes of at least 4 members (excludes halogenated alkanes) is 3. The monoisotopic (exact) mass is 218 g/mol. The van der Waals surface area contributed by atoms with Gasteiger partial charge in [0.15, 0.2) is 0 Å². The molecule has 3 heteroatoms. The molecule has 0 aliphatic carbocycles. The number of aliphatic hydroxyl groups excluding tert-OH is 2. The van der Waals surface area contributed by atoms with Crippen molar-refractivity contribution < 1.29 is 10.2 Å². The van der Waals surface area contributed by atoms with Gasteiger partial charge in [0.1, 0.15) is 0 Å². The zero-order valence-corrected chi connectivity index (χ0v) is 11.1. The summed E-state index contributed by atoms with van der Waals surface area (Å²) in [6.07, 6.45) is 4.91. The Labute approximate surface area is 89.4 Å². The molecule has 0 aromatic rings. The van der Waals surface area contributed by atoms with E-state index in [0.717, 1.165) is 12.8 Å². The van der Waals surface area contributed by atoms with Crippen LogP contribution in [-0.4, -0.2) is 30.1 Å². The van der Waals surface area contributed by atoms with Crippen molar-refractivity contribution in [2.24, 2.45) is 0 Å². The maximum atomic E-state index is 9.82. The molecule has 0 bridgehead atoms. The zero-order chi connectivity index (χ0) is 11.2. The summed E-state index contributed by atoms with van der Waals surface area (Å²) in [6, 6.07) is 0. The summed E-state index contributed by atoms with van der Waals surface area (Å²) >= 11 is 0. The second kappa shape index (κ2) is 6.59. The van der Waals surface area contributed by atoms with Crippen LogP contribution in [0, 0.1) is 0 Å². The SMILES string of the molecule is CCCCCC[C@H](O)[C@H](O)[Si](C)(C)C. The molecule has 2 N–H and O–H groups in total. The van der Waals surface area contributed by atoms with Gasteiger partial charge >= 0.3 is 0 Å². The van der Waals surface area contributed by atoms with Gasteiger partial charge in [-0.3, -0.25) is 0 Å². The number of rotatable bonds is 7. The molecule has 0 rings (SSSR count). The lowest BCUT2D eigenvalue weighted by atomic mass is 10.1. The smallest absolute Gasteiger partial charge is 0.0815 e. The molecule has 0 unspecified atom stereocenters. The van der Waals surface area contributed by atoms with Crippen molar-refractivity contribution in [1.82, 2.24) is 0 Å². The zero-order valence-electron chi connectivity index (χ0n) is 10.1. The van der Waals surface area contributed by atoms with Crippen molar-refractivity contribution in [3.63, 3.8) is 0 Å². The van der Waals surface area contributed by atoms with Crippen LogP contribution in [0.2, 0.25) is 19.6 Å². The predicted octanol–water partition coefficient (Wildman–Crippen LogP) is 2.56. The standard InChI is InChI=1S/C11H26O2Si/c1-5-6-7-8-9-10(12)11(13)14(2,3)4/h10-13H,5-9H2,1-4H3/t10-,11+/m0/s1. The summed E-state index contributed by atoms with van der Waals surface area (Å²) < 4.78 is 0. The van der Waals surface area contributed by atoms with E-state index in [-0.39, 0.29) is 0 Å². The van der Waals surface area contributed by atoms with Crippen LogP contribution in [0.15, 0.2) is 0 Å². The second-order valence-corrected chi connectivity index (χ2v) is 10.6. The maximum absolute atomic E-state index is 9.82. The minimum absolute atomic E-state index is 0.468. The van der Waals surface area contributed by atoms with Gasteiger partial charge in [-0.05, 0) is 6.42 Å². The van der Waals surface area contributed by atoms with Gasteiger partial charge in [0.2, 0.25) is 0 Å². The predicted molar refractivity (Wildman–Crippen MR) is 64.1 cm³/mol. The first-order valence-corrected chi connectivity index (χ1v) is 9.33. The van der Waals surface area contributed by atoms with Gasteiger partial charge in [-0.15, -0.1) is 0 Å². The lowest BCUT2D eigenvalue weighted by molar-refractivity contribution is 0.0541. The molecule has 0 aromatic heterocycles. The highest BCUT2D eigenvalue weighted by atomic mass is 28.3. The Morgan fingerprint density at radius 2 is 1.57 bits per heavy atom. The van der Waals surface area contributed by atoms with Gasteiger partial charge in [-0.1, -0.05) is 52.2 Å². The number of hydrogen-bond acceptors (Lipinski definition) is 2. The van der Waals surface area contributed by atoms with E-state index in [1.165, 1.54) is 19.3 Å². The van der Waals surface area contributed by atoms with Crippen LogP contribution in [0.5, 0.6) is 0 Å². The maximum Gasteiger partial charge on any atom is 0.0815 e. The van der Waals surface area contributed by atoms with E-state index in [1.807, 2.05) is 0 Å². The fraction of sp³-hybridized carbons (Fsp3) is 1.00. The summed E-state index contributed by atoms with van der Waals surface area (Å²) in [5.41, 5.74) is -0.468. The molecular weight excluding hydrogens is 192 g/mol. The fourth-order valence-electron chi connectivity index (χ4n) is 1.52. The van der Waals surface area contributed by atoms with Crippen molar-refractivity contribution in [1.29, 1.82) is 0 Å². The van der Waals surface area contributed by atoms with Gasteiger partial charge in [0, 0.05) is 0 Å². The largest absolute Gasteiger partial charge is 0.394 e. The molecule has 0 amide bonds.